The number of imidazole rings is 1. The van der Waals surface area contributed by atoms with E-state index < -0.39 is 11.7 Å². The second kappa shape index (κ2) is 4.53. The molecule has 6 heteroatoms. The lowest BCUT2D eigenvalue weighted by molar-refractivity contribution is -0.137. The highest BCUT2D eigenvalue weighted by Crippen LogP contribution is 2.29. The fraction of sp³-hybridized carbons (Fsp3) is 0.167. The molecule has 0 radical (unpaired) electrons. The zero-order valence-electron chi connectivity index (χ0n) is 9.15. The van der Waals surface area contributed by atoms with Gasteiger partial charge < -0.3 is 4.57 Å². The first kappa shape index (κ1) is 12.2. The molecule has 92 valence electrons. The molecule has 0 atom stereocenters. The van der Waals surface area contributed by atoms with Gasteiger partial charge in [0, 0.05) is 18.9 Å². The molecule has 1 heterocycles. The molecule has 3 nitrogen and oxygen atoms in total. The fourth-order valence-corrected chi connectivity index (χ4v) is 1.55. The summed E-state index contributed by atoms with van der Waals surface area (Å²) in [6.07, 6.45) is -1.25. The van der Waals surface area contributed by atoms with E-state index in [2.05, 4.69) is 4.98 Å². The average molecular weight is 251 g/mol. The van der Waals surface area contributed by atoms with Crippen LogP contribution in [0.15, 0.2) is 36.7 Å². The van der Waals surface area contributed by atoms with Crippen LogP contribution in [0.2, 0.25) is 0 Å². The maximum atomic E-state index is 12.4. The van der Waals surface area contributed by atoms with Crippen molar-refractivity contribution in [1.82, 2.24) is 9.55 Å². The van der Waals surface area contributed by atoms with E-state index in [0.29, 0.717) is 12.1 Å². The molecule has 0 fully saturated rings. The minimum Gasteiger partial charge on any atom is -0.318 e. The number of hydrogen-bond acceptors (Lipinski definition) is 2. The van der Waals surface area contributed by atoms with Crippen LogP contribution in [0.25, 0.3) is 0 Å². The van der Waals surface area contributed by atoms with Crippen LogP contribution in [0, 0.1) is 11.3 Å². The van der Waals surface area contributed by atoms with Gasteiger partial charge in [-0.25, -0.2) is 4.98 Å². The molecular formula is C12H8F3N3. The number of nitrogens with zero attached hydrogens (tertiary/aromatic N) is 3. The highest BCUT2D eigenvalue weighted by atomic mass is 19.4. The maximum absolute atomic E-state index is 12.4. The Morgan fingerprint density at radius 2 is 1.89 bits per heavy atom. The van der Waals surface area contributed by atoms with Crippen molar-refractivity contribution < 1.29 is 13.2 Å². The Morgan fingerprint density at radius 3 is 2.44 bits per heavy atom. The van der Waals surface area contributed by atoms with Gasteiger partial charge in [-0.3, -0.25) is 0 Å². The summed E-state index contributed by atoms with van der Waals surface area (Å²) in [5, 5.41) is 8.75. The Morgan fingerprint density at radius 1 is 1.22 bits per heavy atom. The van der Waals surface area contributed by atoms with Gasteiger partial charge in [0.05, 0.1) is 5.56 Å². The van der Waals surface area contributed by atoms with Crippen LogP contribution >= 0.6 is 0 Å². The first-order chi connectivity index (χ1) is 8.50. The standard InChI is InChI=1S/C12H8F3N3/c13-12(14,15)10-3-1-9(2-4-10)8-18-6-5-17-11(18)7-16/h1-6H,8H2. The molecule has 2 rings (SSSR count). The fourth-order valence-electron chi connectivity index (χ4n) is 1.55. The summed E-state index contributed by atoms with van der Waals surface area (Å²) < 4.78 is 38.6. The lowest BCUT2D eigenvalue weighted by Crippen LogP contribution is -2.06. The van der Waals surface area contributed by atoms with Gasteiger partial charge in [-0.2, -0.15) is 18.4 Å². The van der Waals surface area contributed by atoms with Gasteiger partial charge in [-0.15, -0.1) is 0 Å². The van der Waals surface area contributed by atoms with Gasteiger partial charge in [-0.05, 0) is 17.7 Å². The predicted molar refractivity (Wildman–Crippen MR) is 57.5 cm³/mol. The molecule has 0 unspecified atom stereocenters. The summed E-state index contributed by atoms with van der Waals surface area (Å²) >= 11 is 0. The third-order valence-corrected chi connectivity index (χ3v) is 2.45. The lowest BCUT2D eigenvalue weighted by atomic mass is 10.1. The number of nitriles is 1. The van der Waals surface area contributed by atoms with Gasteiger partial charge in [0.25, 0.3) is 0 Å². The van der Waals surface area contributed by atoms with Crippen LogP contribution < -0.4 is 0 Å². The minimum atomic E-state index is -4.33. The summed E-state index contributed by atoms with van der Waals surface area (Å²) in [6.45, 7) is 0.320. The third kappa shape index (κ3) is 2.51. The Balaban J connectivity index is 2.19. The van der Waals surface area contributed by atoms with Crippen LogP contribution in [-0.4, -0.2) is 9.55 Å². The van der Waals surface area contributed by atoms with Crippen molar-refractivity contribution in [2.24, 2.45) is 0 Å². The van der Waals surface area contributed by atoms with Crippen LogP contribution in [0.4, 0.5) is 13.2 Å². The van der Waals surface area contributed by atoms with E-state index >= 15 is 0 Å². The Hall–Kier alpha value is -2.29. The van der Waals surface area contributed by atoms with Gasteiger partial charge in [0.2, 0.25) is 5.82 Å². The number of hydrogen-bond donors (Lipinski definition) is 0. The molecule has 0 amide bonds. The van der Waals surface area contributed by atoms with Gasteiger partial charge in [0.15, 0.2) is 0 Å². The van der Waals surface area contributed by atoms with Gasteiger partial charge >= 0.3 is 6.18 Å². The first-order valence-corrected chi connectivity index (χ1v) is 5.08. The molecule has 2 aromatic rings. The van der Waals surface area contributed by atoms with Crippen LogP contribution in [0.5, 0.6) is 0 Å². The molecule has 1 aromatic carbocycles. The lowest BCUT2D eigenvalue weighted by Gasteiger charge is -2.08. The van der Waals surface area contributed by atoms with Gasteiger partial charge in [0.1, 0.15) is 6.07 Å². The largest absolute Gasteiger partial charge is 0.416 e. The Kier molecular flexibility index (Phi) is 3.06. The molecule has 0 aliphatic heterocycles. The molecular weight excluding hydrogens is 243 g/mol. The van der Waals surface area contributed by atoms with E-state index in [1.54, 1.807) is 10.8 Å². The number of halogens is 3. The number of alkyl halides is 3. The monoisotopic (exact) mass is 251 g/mol. The zero-order valence-corrected chi connectivity index (χ0v) is 9.15. The van der Waals surface area contributed by atoms with Crippen molar-refractivity contribution in [3.8, 4) is 6.07 Å². The quantitative estimate of drug-likeness (QED) is 0.823. The minimum absolute atomic E-state index is 0.231. The molecule has 0 aliphatic carbocycles. The van der Waals surface area contributed by atoms with E-state index in [1.165, 1.54) is 18.3 Å². The number of benzene rings is 1. The highest BCUT2D eigenvalue weighted by Gasteiger charge is 2.29. The van der Waals surface area contributed by atoms with E-state index in [4.69, 9.17) is 5.26 Å². The molecule has 0 N–H and O–H groups in total. The average Bonchev–Trinajstić information content (AvgIpc) is 2.76. The summed E-state index contributed by atoms with van der Waals surface area (Å²) in [6, 6.07) is 6.74. The SMILES string of the molecule is N#Cc1nccn1Cc1ccc(C(F)(F)F)cc1. The third-order valence-electron chi connectivity index (χ3n) is 2.45. The first-order valence-electron chi connectivity index (χ1n) is 5.08. The topological polar surface area (TPSA) is 41.6 Å². The van der Waals surface area contributed by atoms with Crippen molar-refractivity contribution in [2.45, 2.75) is 12.7 Å². The molecule has 1 aromatic heterocycles. The number of rotatable bonds is 2. The van der Waals surface area contributed by atoms with Crippen LogP contribution in [-0.2, 0) is 12.7 Å². The normalized spacial score (nSPS) is 11.2. The highest BCUT2D eigenvalue weighted by molar-refractivity contribution is 5.25. The smallest absolute Gasteiger partial charge is 0.318 e. The predicted octanol–water partition coefficient (Wildman–Crippen LogP) is 2.82. The molecule has 0 aliphatic rings. The van der Waals surface area contributed by atoms with E-state index in [0.717, 1.165) is 12.1 Å². The van der Waals surface area contributed by atoms with Crippen molar-refractivity contribution >= 4 is 0 Å². The second-order valence-corrected chi connectivity index (χ2v) is 3.69. The van der Waals surface area contributed by atoms with E-state index in [1.807, 2.05) is 6.07 Å². The van der Waals surface area contributed by atoms with Gasteiger partial charge in [-0.1, -0.05) is 12.1 Å². The van der Waals surface area contributed by atoms with E-state index in [-0.39, 0.29) is 5.82 Å². The summed E-state index contributed by atoms with van der Waals surface area (Å²) in [5.74, 6) is 0.231. The van der Waals surface area contributed by atoms with Crippen molar-refractivity contribution in [2.75, 3.05) is 0 Å². The van der Waals surface area contributed by atoms with Crippen molar-refractivity contribution in [3.05, 3.63) is 53.6 Å². The van der Waals surface area contributed by atoms with E-state index in [9.17, 15) is 13.2 Å². The zero-order chi connectivity index (χ0) is 13.2. The molecule has 18 heavy (non-hydrogen) atoms. The second-order valence-electron chi connectivity index (χ2n) is 3.69. The summed E-state index contributed by atoms with van der Waals surface area (Å²) in [5.41, 5.74) is -0.00473. The molecule has 0 bridgehead atoms. The van der Waals surface area contributed by atoms with Crippen LogP contribution in [0.1, 0.15) is 17.0 Å². The Labute approximate surface area is 101 Å². The van der Waals surface area contributed by atoms with Crippen LogP contribution in [0.3, 0.4) is 0 Å². The summed E-state index contributed by atoms with van der Waals surface area (Å²) in [7, 11) is 0. The molecule has 0 saturated heterocycles. The summed E-state index contributed by atoms with van der Waals surface area (Å²) in [4.78, 5) is 3.81. The molecule has 0 saturated carbocycles. The number of aromatic nitrogens is 2. The molecule has 0 spiro atoms. The maximum Gasteiger partial charge on any atom is 0.416 e. The van der Waals surface area contributed by atoms with Crippen molar-refractivity contribution in [3.63, 3.8) is 0 Å². The van der Waals surface area contributed by atoms with Crippen molar-refractivity contribution in [1.29, 1.82) is 5.26 Å². The Bertz CT molecular complexity index is 576.